The molecule has 0 spiro atoms. The Balaban J connectivity index is 2.33. The van der Waals surface area contributed by atoms with Crippen LogP contribution in [0.2, 0.25) is 0 Å². The number of carbonyl (C=O) groups excluding carboxylic acids is 1. The van der Waals surface area contributed by atoms with Crippen molar-refractivity contribution in [2.75, 3.05) is 0 Å². The van der Waals surface area contributed by atoms with Gasteiger partial charge in [0.1, 0.15) is 5.76 Å². The van der Waals surface area contributed by atoms with Gasteiger partial charge in [-0.1, -0.05) is 6.07 Å². The Bertz CT molecular complexity index is 737. The van der Waals surface area contributed by atoms with Gasteiger partial charge in [-0.15, -0.1) is 0 Å². The summed E-state index contributed by atoms with van der Waals surface area (Å²) >= 11 is 0. The van der Waals surface area contributed by atoms with Gasteiger partial charge in [0.05, 0.1) is 11.2 Å². The fourth-order valence-corrected chi connectivity index (χ4v) is 2.26. The number of hydrogen-bond donors (Lipinski definition) is 0. The molecule has 4 nitrogen and oxygen atoms in total. The third-order valence-electron chi connectivity index (χ3n) is 3.04. The van der Waals surface area contributed by atoms with Gasteiger partial charge in [-0.05, 0) is 32.0 Å². The highest BCUT2D eigenvalue weighted by Gasteiger charge is 2.16. The highest BCUT2D eigenvalue weighted by atomic mass is 16.3. The van der Waals surface area contributed by atoms with E-state index in [0.29, 0.717) is 5.76 Å². The maximum Gasteiger partial charge on any atom is 0.185 e. The minimum absolute atomic E-state index is 0.345. The molecule has 0 unspecified atom stereocenters. The molecule has 0 amide bonds. The first-order valence-electron chi connectivity index (χ1n) is 5.70. The van der Waals surface area contributed by atoms with E-state index in [9.17, 15) is 4.79 Å². The summed E-state index contributed by atoms with van der Waals surface area (Å²) in [5.74, 6) is 1.08. The predicted molar refractivity (Wildman–Crippen MR) is 67.8 cm³/mol. The second kappa shape index (κ2) is 3.84. The predicted octanol–water partition coefficient (Wildman–Crippen LogP) is 3.02. The Labute approximate surface area is 104 Å². The summed E-state index contributed by atoms with van der Waals surface area (Å²) in [7, 11) is 0. The first-order chi connectivity index (χ1) is 8.70. The molecule has 90 valence electrons. The number of nitrogens with zero attached hydrogens (tertiary/aromatic N) is 2. The summed E-state index contributed by atoms with van der Waals surface area (Å²) in [6.07, 6.45) is 2.62. The van der Waals surface area contributed by atoms with E-state index in [1.54, 1.807) is 6.07 Å². The number of carbonyl (C=O) groups is 1. The molecule has 0 saturated heterocycles. The fraction of sp³-hybridized carbons (Fsp3) is 0.143. The van der Waals surface area contributed by atoms with Crippen molar-refractivity contribution in [1.82, 2.24) is 9.61 Å². The van der Waals surface area contributed by atoms with E-state index in [-0.39, 0.29) is 0 Å². The zero-order valence-corrected chi connectivity index (χ0v) is 10.2. The maximum atomic E-state index is 10.8. The molecule has 0 atom stereocenters. The van der Waals surface area contributed by atoms with E-state index < -0.39 is 0 Å². The van der Waals surface area contributed by atoms with E-state index in [4.69, 9.17) is 4.42 Å². The average Bonchev–Trinajstić information content (AvgIpc) is 2.88. The quantitative estimate of drug-likeness (QED) is 0.647. The summed E-state index contributed by atoms with van der Waals surface area (Å²) in [5.41, 5.74) is 3.87. The number of fused-ring (bicyclic) bond motifs is 1. The lowest BCUT2D eigenvalue weighted by molar-refractivity contribution is 0.109. The zero-order chi connectivity index (χ0) is 12.7. The number of aldehydes is 1. The number of rotatable bonds is 2. The highest BCUT2D eigenvalue weighted by Crippen LogP contribution is 2.32. The molecule has 0 saturated carbocycles. The van der Waals surface area contributed by atoms with Crippen LogP contribution in [0.15, 0.2) is 34.9 Å². The summed E-state index contributed by atoms with van der Waals surface area (Å²) in [4.78, 5) is 10.8. The third kappa shape index (κ3) is 1.46. The number of aromatic nitrogens is 2. The van der Waals surface area contributed by atoms with Gasteiger partial charge in [0, 0.05) is 17.3 Å². The molecule has 0 bridgehead atoms. The van der Waals surface area contributed by atoms with Crippen LogP contribution in [0.1, 0.15) is 22.0 Å². The van der Waals surface area contributed by atoms with Crippen LogP contribution in [0.25, 0.3) is 16.6 Å². The van der Waals surface area contributed by atoms with Crippen LogP contribution < -0.4 is 0 Å². The number of pyridine rings is 1. The van der Waals surface area contributed by atoms with E-state index in [2.05, 4.69) is 5.10 Å². The van der Waals surface area contributed by atoms with E-state index in [1.807, 2.05) is 42.8 Å². The second-order valence-electron chi connectivity index (χ2n) is 4.23. The Hall–Kier alpha value is -2.36. The summed E-state index contributed by atoms with van der Waals surface area (Å²) < 4.78 is 7.22. The zero-order valence-electron chi connectivity index (χ0n) is 10.2. The van der Waals surface area contributed by atoms with Gasteiger partial charge in [0.25, 0.3) is 0 Å². The lowest BCUT2D eigenvalue weighted by atomic mass is 10.1. The monoisotopic (exact) mass is 240 g/mol. The molecule has 0 aliphatic rings. The van der Waals surface area contributed by atoms with Gasteiger partial charge >= 0.3 is 0 Å². The van der Waals surface area contributed by atoms with Crippen molar-refractivity contribution in [3.63, 3.8) is 0 Å². The standard InChI is InChI=1S/C14H12N2O2/c1-9-14(12-7-11(8-17)18-10(12)2)13-5-3-4-6-16(13)15-9/h3-8H,1-2H3. The molecule has 0 aromatic carbocycles. The molecule has 0 fully saturated rings. The van der Waals surface area contributed by atoms with Crippen LogP contribution in [0.3, 0.4) is 0 Å². The molecule has 0 N–H and O–H groups in total. The average molecular weight is 240 g/mol. The smallest absolute Gasteiger partial charge is 0.185 e. The molecular formula is C14H12N2O2. The Morgan fingerprint density at radius 1 is 1.33 bits per heavy atom. The van der Waals surface area contributed by atoms with E-state index in [0.717, 1.165) is 34.4 Å². The number of aryl methyl sites for hydroxylation is 2. The van der Waals surface area contributed by atoms with Gasteiger partial charge in [-0.3, -0.25) is 4.79 Å². The van der Waals surface area contributed by atoms with Gasteiger partial charge in [0.15, 0.2) is 12.0 Å². The second-order valence-corrected chi connectivity index (χ2v) is 4.23. The largest absolute Gasteiger partial charge is 0.458 e. The molecule has 3 rings (SSSR count). The molecular weight excluding hydrogens is 228 g/mol. The molecule has 4 heteroatoms. The molecule has 18 heavy (non-hydrogen) atoms. The first kappa shape index (κ1) is 10.8. The number of hydrogen-bond acceptors (Lipinski definition) is 3. The number of furan rings is 1. The summed E-state index contributed by atoms with van der Waals surface area (Å²) in [6, 6.07) is 7.67. The topological polar surface area (TPSA) is 47.5 Å². The molecule has 0 aliphatic heterocycles. The fourth-order valence-electron chi connectivity index (χ4n) is 2.26. The van der Waals surface area contributed by atoms with Gasteiger partial charge in [0.2, 0.25) is 0 Å². The van der Waals surface area contributed by atoms with Crippen molar-refractivity contribution in [1.29, 1.82) is 0 Å². The van der Waals surface area contributed by atoms with Crippen LogP contribution >= 0.6 is 0 Å². The highest BCUT2D eigenvalue weighted by molar-refractivity contribution is 5.86. The lowest BCUT2D eigenvalue weighted by Crippen LogP contribution is -1.83. The van der Waals surface area contributed by atoms with Gasteiger partial charge < -0.3 is 4.42 Å². The normalized spacial score (nSPS) is 11.0. The van der Waals surface area contributed by atoms with Crippen molar-refractivity contribution >= 4 is 11.8 Å². The van der Waals surface area contributed by atoms with Crippen LogP contribution in [0, 0.1) is 13.8 Å². The van der Waals surface area contributed by atoms with Crippen LogP contribution in [-0.4, -0.2) is 15.9 Å². The van der Waals surface area contributed by atoms with Crippen LogP contribution in [0.4, 0.5) is 0 Å². The minimum atomic E-state index is 0.345. The van der Waals surface area contributed by atoms with Crippen molar-refractivity contribution < 1.29 is 9.21 Å². The third-order valence-corrected chi connectivity index (χ3v) is 3.04. The van der Waals surface area contributed by atoms with Crippen LogP contribution in [0.5, 0.6) is 0 Å². The lowest BCUT2D eigenvalue weighted by Gasteiger charge is -1.97. The molecule has 3 aromatic heterocycles. The maximum absolute atomic E-state index is 10.8. The van der Waals surface area contributed by atoms with Gasteiger partial charge in [-0.25, -0.2) is 4.52 Å². The molecule has 0 aliphatic carbocycles. The summed E-state index contributed by atoms with van der Waals surface area (Å²) in [5, 5.41) is 4.45. The minimum Gasteiger partial charge on any atom is -0.458 e. The molecule has 3 aromatic rings. The van der Waals surface area contributed by atoms with Crippen molar-refractivity contribution in [2.24, 2.45) is 0 Å². The van der Waals surface area contributed by atoms with E-state index >= 15 is 0 Å². The van der Waals surface area contributed by atoms with Crippen LogP contribution in [-0.2, 0) is 0 Å². The summed E-state index contributed by atoms with van der Waals surface area (Å²) in [6.45, 7) is 3.81. The Morgan fingerprint density at radius 2 is 2.17 bits per heavy atom. The van der Waals surface area contributed by atoms with Gasteiger partial charge in [-0.2, -0.15) is 5.10 Å². The SMILES string of the molecule is Cc1nn2ccccc2c1-c1cc(C=O)oc1C. The van der Waals surface area contributed by atoms with Crippen molar-refractivity contribution in [2.45, 2.75) is 13.8 Å². The molecule has 0 radical (unpaired) electrons. The molecule has 3 heterocycles. The van der Waals surface area contributed by atoms with Crippen molar-refractivity contribution in [3.8, 4) is 11.1 Å². The Kier molecular flexibility index (Phi) is 2.30. The van der Waals surface area contributed by atoms with Crippen molar-refractivity contribution in [3.05, 3.63) is 47.7 Å². The van der Waals surface area contributed by atoms with E-state index in [1.165, 1.54) is 0 Å². The Morgan fingerprint density at radius 3 is 2.89 bits per heavy atom. The first-order valence-corrected chi connectivity index (χ1v) is 5.70.